The predicted octanol–water partition coefficient (Wildman–Crippen LogP) is 2.34. The molecule has 2 unspecified atom stereocenters. The fourth-order valence-electron chi connectivity index (χ4n) is 3.36. The highest BCUT2D eigenvalue weighted by Crippen LogP contribution is 2.25. The lowest BCUT2D eigenvalue weighted by Gasteiger charge is -2.26. The van der Waals surface area contributed by atoms with Crippen molar-refractivity contribution < 1.29 is 14.2 Å². The third-order valence-corrected chi connectivity index (χ3v) is 4.65. The number of ether oxygens (including phenoxy) is 3. The molecule has 122 valence electrons. The normalized spacial score (nSPS) is 24.2. The van der Waals surface area contributed by atoms with Crippen LogP contribution in [0.2, 0.25) is 0 Å². The fourth-order valence-corrected chi connectivity index (χ4v) is 3.36. The first-order chi connectivity index (χ1) is 10.8. The van der Waals surface area contributed by atoms with Gasteiger partial charge in [-0.3, -0.25) is 0 Å². The molecular formula is C18H27NO3. The van der Waals surface area contributed by atoms with E-state index in [-0.39, 0.29) is 0 Å². The Morgan fingerprint density at radius 3 is 3.05 bits per heavy atom. The van der Waals surface area contributed by atoms with Crippen molar-refractivity contribution >= 4 is 0 Å². The van der Waals surface area contributed by atoms with Gasteiger partial charge in [-0.05, 0) is 55.4 Å². The van der Waals surface area contributed by atoms with Crippen LogP contribution in [0.4, 0.5) is 0 Å². The quantitative estimate of drug-likeness (QED) is 0.785. The molecule has 1 N–H and O–H groups in total. The number of aryl methyl sites for hydroxylation is 1. The molecule has 0 bridgehead atoms. The average Bonchev–Trinajstić information content (AvgIpc) is 3.07. The first-order valence-electron chi connectivity index (χ1n) is 8.43. The maximum Gasteiger partial charge on any atom is 0.119 e. The summed E-state index contributed by atoms with van der Waals surface area (Å²) in [6.07, 6.45) is 6.08. The van der Waals surface area contributed by atoms with Crippen LogP contribution in [0, 0.1) is 0 Å². The molecule has 2 atom stereocenters. The molecule has 22 heavy (non-hydrogen) atoms. The predicted molar refractivity (Wildman–Crippen MR) is 86.6 cm³/mol. The number of benzene rings is 1. The highest BCUT2D eigenvalue weighted by Gasteiger charge is 2.19. The monoisotopic (exact) mass is 305 g/mol. The Labute approximate surface area is 133 Å². The van der Waals surface area contributed by atoms with Gasteiger partial charge < -0.3 is 19.5 Å². The van der Waals surface area contributed by atoms with E-state index in [0.29, 0.717) is 12.1 Å². The number of hydrogen-bond acceptors (Lipinski definition) is 4. The molecule has 1 aromatic rings. The zero-order chi connectivity index (χ0) is 15.2. The smallest absolute Gasteiger partial charge is 0.119 e. The second kappa shape index (κ2) is 7.95. The van der Waals surface area contributed by atoms with Crippen LogP contribution in [0.1, 0.15) is 30.4 Å². The maximum absolute atomic E-state index is 5.71. The lowest BCUT2D eigenvalue weighted by atomic mass is 9.88. The molecule has 4 heteroatoms. The first kappa shape index (κ1) is 15.8. The van der Waals surface area contributed by atoms with Gasteiger partial charge in [0, 0.05) is 19.2 Å². The summed E-state index contributed by atoms with van der Waals surface area (Å²) in [7, 11) is 1.73. The molecular weight excluding hydrogens is 278 g/mol. The van der Waals surface area contributed by atoms with Gasteiger partial charge in [0.1, 0.15) is 5.75 Å². The van der Waals surface area contributed by atoms with Gasteiger partial charge in [0.25, 0.3) is 0 Å². The molecule has 0 spiro atoms. The Bertz CT molecular complexity index is 471. The minimum absolute atomic E-state index is 0.328. The van der Waals surface area contributed by atoms with Gasteiger partial charge in [0.15, 0.2) is 0 Å². The Balaban J connectivity index is 1.36. The van der Waals surface area contributed by atoms with Crippen LogP contribution >= 0.6 is 0 Å². The fraction of sp³-hybridized carbons (Fsp3) is 0.667. The summed E-state index contributed by atoms with van der Waals surface area (Å²) < 4.78 is 16.6. The first-order valence-corrected chi connectivity index (χ1v) is 8.43. The van der Waals surface area contributed by atoms with Crippen molar-refractivity contribution in [1.29, 1.82) is 0 Å². The summed E-state index contributed by atoms with van der Waals surface area (Å²) in [4.78, 5) is 0. The molecule has 1 heterocycles. The van der Waals surface area contributed by atoms with Crippen molar-refractivity contribution in [2.45, 2.75) is 44.2 Å². The molecule has 1 aliphatic carbocycles. The maximum atomic E-state index is 5.71. The van der Waals surface area contributed by atoms with Crippen LogP contribution in [-0.4, -0.2) is 45.6 Å². The average molecular weight is 305 g/mol. The standard InChI is InChI=1S/C18H27NO3/c1-20-17-7-5-14-4-6-16(11-15(14)12-17)19-8-10-21-13-18-3-2-9-22-18/h5,7,12,16,18-19H,2-4,6,8-11,13H2,1H3. The molecule has 0 aromatic heterocycles. The van der Waals surface area contributed by atoms with Gasteiger partial charge in [-0.1, -0.05) is 6.07 Å². The Morgan fingerprint density at radius 2 is 2.23 bits per heavy atom. The minimum Gasteiger partial charge on any atom is -0.497 e. The van der Waals surface area contributed by atoms with Gasteiger partial charge in [-0.2, -0.15) is 0 Å². The molecule has 1 aromatic carbocycles. The molecule has 1 fully saturated rings. The van der Waals surface area contributed by atoms with Crippen molar-refractivity contribution in [2.75, 3.05) is 33.5 Å². The van der Waals surface area contributed by atoms with Crippen LogP contribution in [0.25, 0.3) is 0 Å². The van der Waals surface area contributed by atoms with E-state index in [4.69, 9.17) is 14.2 Å². The van der Waals surface area contributed by atoms with Crippen molar-refractivity contribution in [3.8, 4) is 5.75 Å². The topological polar surface area (TPSA) is 39.7 Å². The summed E-state index contributed by atoms with van der Waals surface area (Å²) in [6.45, 7) is 3.32. The molecule has 1 saturated heterocycles. The molecule has 2 aliphatic rings. The number of fused-ring (bicyclic) bond motifs is 1. The molecule has 4 nitrogen and oxygen atoms in total. The largest absolute Gasteiger partial charge is 0.497 e. The van der Waals surface area contributed by atoms with Gasteiger partial charge in [0.2, 0.25) is 0 Å². The lowest BCUT2D eigenvalue weighted by Crippen LogP contribution is -2.36. The zero-order valence-corrected chi connectivity index (χ0v) is 13.5. The zero-order valence-electron chi connectivity index (χ0n) is 13.5. The van der Waals surface area contributed by atoms with E-state index in [9.17, 15) is 0 Å². The summed E-state index contributed by atoms with van der Waals surface area (Å²) >= 11 is 0. The van der Waals surface area contributed by atoms with Crippen molar-refractivity contribution in [3.05, 3.63) is 29.3 Å². The second-order valence-corrected chi connectivity index (χ2v) is 6.24. The summed E-state index contributed by atoms with van der Waals surface area (Å²) in [6, 6.07) is 6.99. The lowest BCUT2D eigenvalue weighted by molar-refractivity contribution is 0.0177. The molecule has 1 aliphatic heterocycles. The van der Waals surface area contributed by atoms with Gasteiger partial charge >= 0.3 is 0 Å². The van der Waals surface area contributed by atoms with E-state index < -0.39 is 0 Å². The van der Waals surface area contributed by atoms with E-state index in [0.717, 1.165) is 51.4 Å². The second-order valence-electron chi connectivity index (χ2n) is 6.24. The van der Waals surface area contributed by atoms with Crippen molar-refractivity contribution in [2.24, 2.45) is 0 Å². The minimum atomic E-state index is 0.328. The van der Waals surface area contributed by atoms with E-state index in [1.54, 1.807) is 7.11 Å². The van der Waals surface area contributed by atoms with E-state index in [1.165, 1.54) is 24.0 Å². The van der Waals surface area contributed by atoms with Gasteiger partial charge in [-0.25, -0.2) is 0 Å². The molecule has 0 saturated carbocycles. The van der Waals surface area contributed by atoms with Crippen LogP contribution in [0.15, 0.2) is 18.2 Å². The summed E-state index contributed by atoms with van der Waals surface area (Å²) in [5.41, 5.74) is 2.89. The third-order valence-electron chi connectivity index (χ3n) is 4.65. The number of rotatable bonds is 7. The Kier molecular flexibility index (Phi) is 5.70. The highest BCUT2D eigenvalue weighted by atomic mass is 16.5. The number of hydrogen-bond donors (Lipinski definition) is 1. The molecule has 3 rings (SSSR count). The number of methoxy groups -OCH3 is 1. The van der Waals surface area contributed by atoms with Gasteiger partial charge in [-0.15, -0.1) is 0 Å². The molecule has 0 amide bonds. The molecule has 0 radical (unpaired) electrons. The van der Waals surface area contributed by atoms with Crippen LogP contribution < -0.4 is 10.1 Å². The summed E-state index contributed by atoms with van der Waals surface area (Å²) in [5.74, 6) is 0.958. The van der Waals surface area contributed by atoms with Crippen molar-refractivity contribution in [1.82, 2.24) is 5.32 Å². The Hall–Kier alpha value is -1.10. The third kappa shape index (κ3) is 4.22. The van der Waals surface area contributed by atoms with Crippen LogP contribution in [-0.2, 0) is 22.3 Å². The van der Waals surface area contributed by atoms with E-state index in [1.807, 2.05) is 0 Å². The van der Waals surface area contributed by atoms with Crippen LogP contribution in [0.3, 0.4) is 0 Å². The summed E-state index contributed by atoms with van der Waals surface area (Å²) in [5, 5.41) is 3.62. The number of nitrogens with one attached hydrogen (secondary N) is 1. The SMILES string of the molecule is COc1ccc2c(c1)CC(NCCOCC1CCCO1)CC2. The Morgan fingerprint density at radius 1 is 1.27 bits per heavy atom. The van der Waals surface area contributed by atoms with Gasteiger partial charge in [0.05, 0.1) is 26.4 Å². The van der Waals surface area contributed by atoms with Crippen molar-refractivity contribution in [3.63, 3.8) is 0 Å². The van der Waals surface area contributed by atoms with E-state index in [2.05, 4.69) is 23.5 Å². The van der Waals surface area contributed by atoms with Crippen LogP contribution in [0.5, 0.6) is 5.75 Å². The van der Waals surface area contributed by atoms with E-state index >= 15 is 0 Å². The highest BCUT2D eigenvalue weighted by molar-refractivity contribution is 5.37.